The number of halogens is 1. The smallest absolute Gasteiger partial charge is 0.262 e. The molecule has 4 rings (SSSR count). The van der Waals surface area contributed by atoms with Crippen LogP contribution in [0.2, 0.25) is 0 Å². The van der Waals surface area contributed by atoms with Crippen molar-refractivity contribution in [3.63, 3.8) is 0 Å². The molecule has 2 aromatic heterocycles. The highest BCUT2D eigenvalue weighted by molar-refractivity contribution is 7.18. The molecule has 0 unspecified atom stereocenters. The van der Waals surface area contributed by atoms with E-state index in [4.69, 9.17) is 4.74 Å². The van der Waals surface area contributed by atoms with Crippen molar-refractivity contribution in [2.75, 3.05) is 6.61 Å². The van der Waals surface area contributed by atoms with Crippen LogP contribution in [0.15, 0.2) is 35.4 Å². The average Bonchev–Trinajstić information content (AvgIpc) is 2.81. The molecule has 1 aromatic carbocycles. The van der Waals surface area contributed by atoms with Gasteiger partial charge in [0.05, 0.1) is 18.3 Å². The van der Waals surface area contributed by atoms with E-state index in [9.17, 15) is 9.18 Å². The van der Waals surface area contributed by atoms with Crippen LogP contribution < -0.4 is 10.3 Å². The minimum Gasteiger partial charge on any atom is -0.489 e. The molecule has 0 spiro atoms. The number of aromatic nitrogens is 2. The lowest BCUT2D eigenvalue weighted by atomic mass is 10.1. The predicted octanol–water partition coefficient (Wildman–Crippen LogP) is 3.95. The van der Waals surface area contributed by atoms with E-state index in [1.165, 1.54) is 29.3 Å². The van der Waals surface area contributed by atoms with Crippen molar-refractivity contribution in [3.8, 4) is 5.75 Å². The molecular weight excluding hydrogens is 339 g/mol. The molecule has 0 saturated carbocycles. The Morgan fingerprint density at radius 3 is 2.92 bits per heavy atom. The summed E-state index contributed by atoms with van der Waals surface area (Å²) in [7, 11) is 0. The van der Waals surface area contributed by atoms with E-state index in [2.05, 4.69) is 4.98 Å². The van der Waals surface area contributed by atoms with E-state index in [1.807, 2.05) is 0 Å². The van der Waals surface area contributed by atoms with Crippen LogP contribution >= 0.6 is 11.3 Å². The molecule has 0 bridgehead atoms. The number of aryl methyl sites for hydroxylation is 2. The van der Waals surface area contributed by atoms with Gasteiger partial charge in [0.2, 0.25) is 0 Å². The zero-order valence-electron chi connectivity index (χ0n) is 13.8. The first kappa shape index (κ1) is 16.3. The summed E-state index contributed by atoms with van der Waals surface area (Å²) in [5.74, 6) is -0.194. The highest BCUT2D eigenvalue weighted by atomic mass is 32.1. The maximum atomic E-state index is 13.6. The first-order valence-corrected chi connectivity index (χ1v) is 9.42. The first-order chi connectivity index (χ1) is 12.2. The zero-order valence-corrected chi connectivity index (χ0v) is 14.7. The SMILES string of the molecule is O=c1c2c3c(sc2ncn1CCOc1ccccc1F)CCCCC3. The van der Waals surface area contributed by atoms with Crippen LogP contribution in [-0.2, 0) is 19.4 Å². The Balaban J connectivity index is 1.58. The molecular formula is C19H19FN2O2S. The van der Waals surface area contributed by atoms with Crippen molar-refractivity contribution >= 4 is 21.6 Å². The second kappa shape index (κ2) is 6.96. The van der Waals surface area contributed by atoms with Crippen molar-refractivity contribution < 1.29 is 9.13 Å². The van der Waals surface area contributed by atoms with Gasteiger partial charge in [-0.05, 0) is 43.4 Å². The predicted molar refractivity (Wildman–Crippen MR) is 97.0 cm³/mol. The molecule has 4 nitrogen and oxygen atoms in total. The molecule has 2 heterocycles. The number of thiophene rings is 1. The summed E-state index contributed by atoms with van der Waals surface area (Å²) in [6.45, 7) is 0.571. The summed E-state index contributed by atoms with van der Waals surface area (Å²) < 4.78 is 20.6. The molecule has 3 aromatic rings. The van der Waals surface area contributed by atoms with Gasteiger partial charge >= 0.3 is 0 Å². The number of rotatable bonds is 4. The molecule has 0 saturated heterocycles. The molecule has 0 aliphatic heterocycles. The van der Waals surface area contributed by atoms with Gasteiger partial charge in [0, 0.05) is 4.88 Å². The van der Waals surface area contributed by atoms with Crippen molar-refractivity contribution in [2.45, 2.75) is 38.6 Å². The van der Waals surface area contributed by atoms with E-state index < -0.39 is 5.82 Å². The Hall–Kier alpha value is -2.21. The van der Waals surface area contributed by atoms with Gasteiger partial charge in [-0.25, -0.2) is 9.37 Å². The normalized spacial score (nSPS) is 14.3. The number of fused-ring (bicyclic) bond motifs is 3. The van der Waals surface area contributed by atoms with E-state index >= 15 is 0 Å². The maximum Gasteiger partial charge on any atom is 0.262 e. The average molecular weight is 358 g/mol. The minimum atomic E-state index is -0.397. The summed E-state index contributed by atoms with van der Waals surface area (Å²) >= 11 is 1.65. The highest BCUT2D eigenvalue weighted by Crippen LogP contribution is 2.32. The van der Waals surface area contributed by atoms with Crippen LogP contribution in [0.4, 0.5) is 4.39 Å². The van der Waals surface area contributed by atoms with Gasteiger partial charge in [-0.2, -0.15) is 0 Å². The fourth-order valence-electron chi connectivity index (χ4n) is 3.33. The third-order valence-electron chi connectivity index (χ3n) is 4.62. The van der Waals surface area contributed by atoms with Crippen LogP contribution in [0.3, 0.4) is 0 Å². The molecule has 0 atom stereocenters. The quantitative estimate of drug-likeness (QED) is 0.664. The molecule has 0 amide bonds. The minimum absolute atomic E-state index is 0.0125. The number of ether oxygens (including phenoxy) is 1. The number of para-hydroxylation sites is 1. The van der Waals surface area contributed by atoms with Crippen molar-refractivity contribution in [3.05, 3.63) is 57.2 Å². The van der Waals surface area contributed by atoms with Gasteiger partial charge in [0.15, 0.2) is 11.6 Å². The summed E-state index contributed by atoms with van der Waals surface area (Å²) in [6.07, 6.45) is 7.11. The lowest BCUT2D eigenvalue weighted by Gasteiger charge is -2.09. The molecule has 25 heavy (non-hydrogen) atoms. The monoisotopic (exact) mass is 358 g/mol. The molecule has 0 N–H and O–H groups in total. The fourth-order valence-corrected chi connectivity index (χ4v) is 4.55. The second-order valence-corrected chi connectivity index (χ2v) is 7.35. The van der Waals surface area contributed by atoms with Gasteiger partial charge in [-0.1, -0.05) is 18.6 Å². The largest absolute Gasteiger partial charge is 0.489 e. The Morgan fingerprint density at radius 2 is 2.04 bits per heavy atom. The molecule has 1 aliphatic carbocycles. The fraction of sp³-hybridized carbons (Fsp3) is 0.368. The Morgan fingerprint density at radius 1 is 1.20 bits per heavy atom. The zero-order chi connectivity index (χ0) is 17.2. The molecule has 0 radical (unpaired) electrons. The first-order valence-electron chi connectivity index (χ1n) is 8.61. The maximum absolute atomic E-state index is 13.6. The van der Waals surface area contributed by atoms with Crippen molar-refractivity contribution in [1.29, 1.82) is 0 Å². The molecule has 0 fully saturated rings. The third-order valence-corrected chi connectivity index (χ3v) is 5.82. The lowest BCUT2D eigenvalue weighted by molar-refractivity contribution is 0.282. The summed E-state index contributed by atoms with van der Waals surface area (Å²) in [6, 6.07) is 6.28. The number of benzene rings is 1. The van der Waals surface area contributed by atoms with Crippen molar-refractivity contribution in [1.82, 2.24) is 9.55 Å². The Bertz CT molecular complexity index is 964. The van der Waals surface area contributed by atoms with Gasteiger partial charge in [-0.15, -0.1) is 11.3 Å². The summed E-state index contributed by atoms with van der Waals surface area (Å²) in [4.78, 5) is 19.5. The summed E-state index contributed by atoms with van der Waals surface area (Å²) in [5, 5.41) is 0.773. The lowest BCUT2D eigenvalue weighted by Crippen LogP contribution is -2.23. The van der Waals surface area contributed by atoms with Gasteiger partial charge in [0.1, 0.15) is 11.4 Å². The standard InChI is InChI=1S/C19H19FN2O2S/c20-14-7-4-5-8-15(14)24-11-10-22-12-21-18-17(19(22)23)13-6-2-1-3-9-16(13)25-18/h4-5,7-8,12H,1-3,6,9-11H2. The van der Waals surface area contributed by atoms with Gasteiger partial charge in [0.25, 0.3) is 5.56 Å². The Kier molecular flexibility index (Phi) is 4.53. The molecule has 130 valence electrons. The third kappa shape index (κ3) is 3.18. The molecule has 1 aliphatic rings. The van der Waals surface area contributed by atoms with Gasteiger partial charge < -0.3 is 4.74 Å². The molecule has 6 heteroatoms. The van der Waals surface area contributed by atoms with Crippen LogP contribution in [0.1, 0.15) is 29.7 Å². The Labute approximate surface area is 148 Å². The number of hydrogen-bond acceptors (Lipinski definition) is 4. The van der Waals surface area contributed by atoms with Crippen LogP contribution in [0.25, 0.3) is 10.2 Å². The number of hydrogen-bond donors (Lipinski definition) is 0. The highest BCUT2D eigenvalue weighted by Gasteiger charge is 2.19. The van der Waals surface area contributed by atoms with Crippen LogP contribution in [-0.4, -0.2) is 16.2 Å². The van der Waals surface area contributed by atoms with E-state index in [0.717, 1.165) is 29.5 Å². The van der Waals surface area contributed by atoms with Gasteiger partial charge in [-0.3, -0.25) is 9.36 Å². The van der Waals surface area contributed by atoms with Crippen LogP contribution in [0, 0.1) is 5.82 Å². The van der Waals surface area contributed by atoms with Crippen LogP contribution in [0.5, 0.6) is 5.75 Å². The number of nitrogens with zero attached hydrogens (tertiary/aromatic N) is 2. The second-order valence-electron chi connectivity index (χ2n) is 6.27. The summed E-state index contributed by atoms with van der Waals surface area (Å²) in [5.41, 5.74) is 1.18. The van der Waals surface area contributed by atoms with E-state index in [1.54, 1.807) is 40.4 Å². The van der Waals surface area contributed by atoms with E-state index in [-0.39, 0.29) is 17.9 Å². The van der Waals surface area contributed by atoms with E-state index in [0.29, 0.717) is 6.54 Å². The topological polar surface area (TPSA) is 44.1 Å². The van der Waals surface area contributed by atoms with Crippen molar-refractivity contribution in [2.24, 2.45) is 0 Å².